The highest BCUT2D eigenvalue weighted by Crippen LogP contribution is 2.03. The molecule has 1 aromatic carbocycles. The van der Waals surface area contributed by atoms with Crippen LogP contribution in [0.5, 0.6) is 0 Å². The lowest BCUT2D eigenvalue weighted by molar-refractivity contribution is -0.140. The van der Waals surface area contributed by atoms with Crippen LogP contribution in [-0.2, 0) is 14.3 Å². The summed E-state index contributed by atoms with van der Waals surface area (Å²) in [6, 6.07) is 9.37. The first-order chi connectivity index (χ1) is 7.56. The second kappa shape index (κ2) is 8.47. The van der Waals surface area contributed by atoms with Crippen LogP contribution in [0, 0.1) is 0 Å². The van der Waals surface area contributed by atoms with Gasteiger partial charge in [0, 0.05) is 19.5 Å². The number of para-hydroxylation sites is 1. The third-order valence-corrected chi connectivity index (χ3v) is 1.44. The highest BCUT2D eigenvalue weighted by Gasteiger charge is 1.90. The van der Waals surface area contributed by atoms with Crippen LogP contribution < -0.4 is 5.32 Å². The zero-order valence-corrected chi connectivity index (χ0v) is 9.82. The first-order valence-corrected chi connectivity index (χ1v) is 5.02. The van der Waals surface area contributed by atoms with Crippen molar-refractivity contribution in [1.29, 1.82) is 0 Å². The Bertz CT molecular complexity index is 322. The van der Waals surface area contributed by atoms with Gasteiger partial charge in [-0.15, -0.1) is 0 Å². The van der Waals surface area contributed by atoms with Crippen LogP contribution in [0.1, 0.15) is 20.8 Å². The number of nitrogens with one attached hydrogen (secondary N) is 1. The van der Waals surface area contributed by atoms with Crippen LogP contribution in [0.4, 0.5) is 5.69 Å². The number of anilines is 1. The zero-order valence-electron chi connectivity index (χ0n) is 9.82. The highest BCUT2D eigenvalue weighted by molar-refractivity contribution is 5.88. The fraction of sp³-hybridized carbons (Fsp3) is 0.333. The molecule has 1 aromatic rings. The van der Waals surface area contributed by atoms with Gasteiger partial charge in [0.1, 0.15) is 0 Å². The molecule has 0 radical (unpaired) electrons. The van der Waals surface area contributed by atoms with Crippen molar-refractivity contribution in [2.24, 2.45) is 0 Å². The maximum absolute atomic E-state index is 10.5. The van der Waals surface area contributed by atoms with E-state index >= 15 is 0 Å². The summed E-state index contributed by atoms with van der Waals surface area (Å²) in [5, 5.41) is 2.67. The number of carbonyl (C=O) groups is 2. The van der Waals surface area contributed by atoms with Crippen molar-refractivity contribution in [2.45, 2.75) is 20.8 Å². The zero-order chi connectivity index (χ0) is 12.4. The third-order valence-electron chi connectivity index (χ3n) is 1.44. The second-order valence-electron chi connectivity index (χ2n) is 2.97. The first kappa shape index (κ1) is 14.2. The number of carbonyl (C=O) groups excluding carboxylic acids is 2. The Hall–Kier alpha value is -1.84. The number of amides is 1. The fourth-order valence-corrected chi connectivity index (χ4v) is 0.928. The molecule has 1 rings (SSSR count). The quantitative estimate of drug-likeness (QED) is 0.782. The topological polar surface area (TPSA) is 55.4 Å². The molecule has 0 bridgehead atoms. The van der Waals surface area contributed by atoms with Crippen LogP contribution in [0.15, 0.2) is 30.3 Å². The summed E-state index contributed by atoms with van der Waals surface area (Å²) in [5.41, 5.74) is 0.843. The summed E-state index contributed by atoms with van der Waals surface area (Å²) in [5.74, 6) is -0.247. The highest BCUT2D eigenvalue weighted by atomic mass is 16.5. The van der Waals surface area contributed by atoms with E-state index in [1.165, 1.54) is 13.8 Å². The van der Waals surface area contributed by atoms with Crippen molar-refractivity contribution >= 4 is 17.6 Å². The van der Waals surface area contributed by atoms with Gasteiger partial charge in [0.15, 0.2) is 0 Å². The van der Waals surface area contributed by atoms with Crippen LogP contribution in [0.2, 0.25) is 0 Å². The molecule has 0 atom stereocenters. The van der Waals surface area contributed by atoms with Crippen molar-refractivity contribution in [3.63, 3.8) is 0 Å². The van der Waals surface area contributed by atoms with Crippen molar-refractivity contribution in [2.75, 3.05) is 11.9 Å². The van der Waals surface area contributed by atoms with Gasteiger partial charge in [-0.3, -0.25) is 9.59 Å². The van der Waals surface area contributed by atoms with Gasteiger partial charge in [-0.05, 0) is 19.1 Å². The molecule has 0 saturated carbocycles. The number of hydrogen-bond acceptors (Lipinski definition) is 3. The average molecular weight is 223 g/mol. The molecule has 0 aliphatic rings. The minimum Gasteiger partial charge on any atom is -0.466 e. The summed E-state index contributed by atoms with van der Waals surface area (Å²) in [4.78, 5) is 20.3. The third kappa shape index (κ3) is 8.74. The molecule has 0 aromatic heterocycles. The largest absolute Gasteiger partial charge is 0.466 e. The number of ether oxygens (including phenoxy) is 1. The van der Waals surface area contributed by atoms with Crippen LogP contribution >= 0.6 is 0 Å². The normalized spacial score (nSPS) is 8.44. The Labute approximate surface area is 95.6 Å². The van der Waals surface area contributed by atoms with E-state index in [1.807, 2.05) is 30.3 Å². The number of hydrogen-bond donors (Lipinski definition) is 1. The Morgan fingerprint density at radius 1 is 1.19 bits per heavy atom. The van der Waals surface area contributed by atoms with Gasteiger partial charge in [0.05, 0.1) is 6.61 Å². The summed E-state index contributed by atoms with van der Waals surface area (Å²) in [6.45, 7) is 5.15. The van der Waals surface area contributed by atoms with Crippen molar-refractivity contribution < 1.29 is 14.3 Å². The molecular weight excluding hydrogens is 206 g/mol. The molecule has 0 unspecified atom stereocenters. The van der Waals surface area contributed by atoms with Gasteiger partial charge >= 0.3 is 5.97 Å². The van der Waals surface area contributed by atoms with Crippen LogP contribution in [0.25, 0.3) is 0 Å². The maximum Gasteiger partial charge on any atom is 0.302 e. The molecule has 0 spiro atoms. The molecular formula is C12H17NO3. The molecule has 1 N–H and O–H groups in total. The maximum atomic E-state index is 10.5. The van der Waals surface area contributed by atoms with Crippen molar-refractivity contribution in [1.82, 2.24) is 0 Å². The number of benzene rings is 1. The smallest absolute Gasteiger partial charge is 0.302 e. The summed E-state index contributed by atoms with van der Waals surface area (Å²) >= 11 is 0. The summed E-state index contributed by atoms with van der Waals surface area (Å²) < 4.78 is 4.40. The molecule has 0 aliphatic carbocycles. The molecule has 4 nitrogen and oxygen atoms in total. The molecule has 88 valence electrons. The Morgan fingerprint density at radius 2 is 1.75 bits per heavy atom. The van der Waals surface area contributed by atoms with E-state index in [2.05, 4.69) is 10.1 Å². The molecule has 0 saturated heterocycles. The predicted molar refractivity (Wildman–Crippen MR) is 63.1 cm³/mol. The number of rotatable bonds is 2. The number of esters is 1. The summed E-state index contributed by atoms with van der Waals surface area (Å²) in [6.07, 6.45) is 0. The Kier molecular flexibility index (Phi) is 7.49. The van der Waals surface area contributed by atoms with Crippen LogP contribution in [-0.4, -0.2) is 18.5 Å². The fourth-order valence-electron chi connectivity index (χ4n) is 0.928. The van der Waals surface area contributed by atoms with E-state index in [1.54, 1.807) is 6.92 Å². The van der Waals surface area contributed by atoms with Crippen molar-refractivity contribution in [3.8, 4) is 0 Å². The Balaban J connectivity index is 0.000000325. The molecule has 16 heavy (non-hydrogen) atoms. The second-order valence-corrected chi connectivity index (χ2v) is 2.97. The van der Waals surface area contributed by atoms with E-state index in [0.29, 0.717) is 6.61 Å². The molecule has 0 fully saturated rings. The molecule has 0 aliphatic heterocycles. The molecule has 1 amide bonds. The van der Waals surface area contributed by atoms with Gasteiger partial charge in [0.25, 0.3) is 0 Å². The molecule has 4 heteroatoms. The van der Waals surface area contributed by atoms with E-state index < -0.39 is 0 Å². The summed E-state index contributed by atoms with van der Waals surface area (Å²) in [7, 11) is 0. The standard InChI is InChI=1S/C8H9NO.C4H8O2/c1-7(10)9-8-5-3-2-4-6-8;1-3-6-4(2)5/h2-6H,1H3,(H,9,10);3H2,1-2H3. The van der Waals surface area contributed by atoms with Gasteiger partial charge in [-0.25, -0.2) is 0 Å². The molecule has 0 heterocycles. The minimum absolute atomic E-state index is 0.0359. The van der Waals surface area contributed by atoms with Gasteiger partial charge in [0.2, 0.25) is 5.91 Å². The lowest BCUT2D eigenvalue weighted by Crippen LogP contribution is -2.04. The van der Waals surface area contributed by atoms with E-state index in [-0.39, 0.29) is 11.9 Å². The monoisotopic (exact) mass is 223 g/mol. The van der Waals surface area contributed by atoms with Gasteiger partial charge in [-0.2, -0.15) is 0 Å². The predicted octanol–water partition coefficient (Wildman–Crippen LogP) is 2.21. The Morgan fingerprint density at radius 3 is 2.06 bits per heavy atom. The lowest BCUT2D eigenvalue weighted by atomic mass is 10.3. The van der Waals surface area contributed by atoms with E-state index in [0.717, 1.165) is 5.69 Å². The van der Waals surface area contributed by atoms with Gasteiger partial charge < -0.3 is 10.1 Å². The van der Waals surface area contributed by atoms with Gasteiger partial charge in [-0.1, -0.05) is 18.2 Å². The average Bonchev–Trinajstić information content (AvgIpc) is 2.18. The minimum atomic E-state index is -0.211. The first-order valence-electron chi connectivity index (χ1n) is 5.02. The van der Waals surface area contributed by atoms with E-state index in [9.17, 15) is 9.59 Å². The SMILES string of the molecule is CC(=O)Nc1ccccc1.CCOC(C)=O. The lowest BCUT2D eigenvalue weighted by Gasteiger charge is -1.98. The van der Waals surface area contributed by atoms with Crippen LogP contribution in [0.3, 0.4) is 0 Å². The van der Waals surface area contributed by atoms with E-state index in [4.69, 9.17) is 0 Å². The van der Waals surface area contributed by atoms with Crippen molar-refractivity contribution in [3.05, 3.63) is 30.3 Å².